The van der Waals surface area contributed by atoms with Gasteiger partial charge >= 0.3 is 6.08 Å². The minimum absolute atomic E-state index is 0.0578. The predicted molar refractivity (Wildman–Crippen MR) is 69.7 cm³/mol. The molecule has 1 aromatic heterocycles. The summed E-state index contributed by atoms with van der Waals surface area (Å²) >= 11 is 0. The molecule has 1 unspecified atom stereocenters. The van der Waals surface area contributed by atoms with E-state index in [4.69, 9.17) is 13.9 Å². The molecule has 0 bridgehead atoms. The van der Waals surface area contributed by atoms with Crippen molar-refractivity contribution in [1.29, 1.82) is 0 Å². The molecule has 0 saturated heterocycles. The van der Waals surface area contributed by atoms with Crippen LogP contribution in [0, 0.1) is 0 Å². The van der Waals surface area contributed by atoms with Gasteiger partial charge in [-0.25, -0.2) is 0 Å². The first-order chi connectivity index (χ1) is 8.40. The predicted octanol–water partition coefficient (Wildman–Crippen LogP) is 2.37. The average molecular weight is 256 g/mol. The van der Waals surface area contributed by atoms with Crippen LogP contribution >= 0.6 is 0 Å². The summed E-state index contributed by atoms with van der Waals surface area (Å²) in [6, 6.07) is 0. The minimum Gasteiger partial charge on any atom is -0.445 e. The van der Waals surface area contributed by atoms with Crippen molar-refractivity contribution >= 4 is 0 Å². The Balaban J connectivity index is 2.38. The van der Waals surface area contributed by atoms with E-state index in [0.717, 1.165) is 5.69 Å². The lowest BCUT2D eigenvalue weighted by Gasteiger charge is -2.19. The molecule has 0 amide bonds. The van der Waals surface area contributed by atoms with E-state index < -0.39 is 0 Å². The summed E-state index contributed by atoms with van der Waals surface area (Å²) in [4.78, 5) is 4.25. The first-order valence-electron chi connectivity index (χ1n) is 6.34. The van der Waals surface area contributed by atoms with E-state index >= 15 is 0 Å². The minimum atomic E-state index is -0.0629. The van der Waals surface area contributed by atoms with Gasteiger partial charge < -0.3 is 19.2 Å². The Kier molecular flexibility index (Phi) is 5.62. The molecular weight excluding hydrogens is 232 g/mol. The van der Waals surface area contributed by atoms with Crippen LogP contribution < -0.4 is 10.1 Å². The zero-order chi connectivity index (χ0) is 13.6. The summed E-state index contributed by atoms with van der Waals surface area (Å²) in [5.74, 6) is 0. The maximum Gasteiger partial charge on any atom is 0.394 e. The van der Waals surface area contributed by atoms with Crippen LogP contribution in [-0.4, -0.2) is 29.8 Å². The van der Waals surface area contributed by atoms with Crippen LogP contribution in [0.1, 0.15) is 40.3 Å². The molecule has 18 heavy (non-hydrogen) atoms. The van der Waals surface area contributed by atoms with Crippen molar-refractivity contribution in [3.05, 3.63) is 12.0 Å². The van der Waals surface area contributed by atoms with E-state index in [1.54, 1.807) is 6.26 Å². The highest BCUT2D eigenvalue weighted by atomic mass is 16.6. The smallest absolute Gasteiger partial charge is 0.394 e. The van der Waals surface area contributed by atoms with Crippen molar-refractivity contribution in [3.8, 4) is 6.08 Å². The number of nitrogens with one attached hydrogen (secondary N) is 1. The van der Waals surface area contributed by atoms with Crippen LogP contribution in [0.15, 0.2) is 10.7 Å². The maximum atomic E-state index is 5.50. The Bertz CT molecular complexity index is 344. The quantitative estimate of drug-likeness (QED) is 0.811. The molecule has 1 rings (SSSR count). The van der Waals surface area contributed by atoms with E-state index in [1.807, 2.05) is 13.8 Å². The molecule has 0 fully saturated rings. The normalized spacial score (nSPS) is 13.6. The molecule has 0 aliphatic rings. The van der Waals surface area contributed by atoms with Crippen LogP contribution in [0.25, 0.3) is 0 Å². The number of aromatic nitrogens is 1. The van der Waals surface area contributed by atoms with Gasteiger partial charge in [0.2, 0.25) is 0 Å². The molecule has 1 N–H and O–H groups in total. The lowest BCUT2D eigenvalue weighted by atomic mass is 10.1. The van der Waals surface area contributed by atoms with Crippen LogP contribution in [0.5, 0.6) is 6.08 Å². The van der Waals surface area contributed by atoms with Crippen LogP contribution in [-0.2, 0) is 11.3 Å². The summed E-state index contributed by atoms with van der Waals surface area (Å²) in [6.07, 6.45) is 1.85. The van der Waals surface area contributed by atoms with Crippen molar-refractivity contribution in [2.75, 3.05) is 13.2 Å². The summed E-state index contributed by atoms with van der Waals surface area (Å²) < 4.78 is 16.0. The van der Waals surface area contributed by atoms with Gasteiger partial charge in [0.05, 0.1) is 12.3 Å². The van der Waals surface area contributed by atoms with Gasteiger partial charge in [0, 0.05) is 18.7 Å². The standard InChI is InChI=1S/C13H24N2O3/c1-6-16-8-10(2)18-12-15-11(9-17-12)7-14-13(3,4)5/h9-10,14H,6-8H2,1-5H3. The van der Waals surface area contributed by atoms with Gasteiger partial charge in [-0.15, -0.1) is 0 Å². The van der Waals surface area contributed by atoms with Gasteiger partial charge in [-0.05, 0) is 34.6 Å². The highest BCUT2D eigenvalue weighted by Gasteiger charge is 2.13. The van der Waals surface area contributed by atoms with E-state index in [1.165, 1.54) is 0 Å². The van der Waals surface area contributed by atoms with E-state index in [2.05, 4.69) is 31.1 Å². The Hall–Kier alpha value is -1.07. The molecule has 1 aromatic rings. The second kappa shape index (κ2) is 6.75. The first kappa shape index (κ1) is 15.0. The molecule has 0 spiro atoms. The third kappa shape index (κ3) is 6.02. The Morgan fingerprint density at radius 3 is 2.78 bits per heavy atom. The number of ether oxygens (including phenoxy) is 2. The van der Waals surface area contributed by atoms with Crippen molar-refractivity contribution in [3.63, 3.8) is 0 Å². The topological polar surface area (TPSA) is 56.5 Å². The molecule has 0 saturated carbocycles. The second-order valence-corrected chi connectivity index (χ2v) is 5.30. The van der Waals surface area contributed by atoms with Gasteiger partial charge in [0.15, 0.2) is 0 Å². The fourth-order valence-electron chi connectivity index (χ4n) is 1.27. The highest BCUT2D eigenvalue weighted by molar-refractivity contribution is 5.00. The van der Waals surface area contributed by atoms with Gasteiger partial charge in [-0.1, -0.05) is 0 Å². The maximum absolute atomic E-state index is 5.50. The van der Waals surface area contributed by atoms with Crippen molar-refractivity contribution in [1.82, 2.24) is 10.3 Å². The molecule has 104 valence electrons. The molecule has 0 aromatic carbocycles. The van der Waals surface area contributed by atoms with Crippen LogP contribution in [0.3, 0.4) is 0 Å². The summed E-state index contributed by atoms with van der Waals surface area (Å²) in [6.45, 7) is 12.1. The second-order valence-electron chi connectivity index (χ2n) is 5.30. The highest BCUT2D eigenvalue weighted by Crippen LogP contribution is 2.13. The van der Waals surface area contributed by atoms with Gasteiger partial charge in [-0.3, -0.25) is 0 Å². The van der Waals surface area contributed by atoms with Gasteiger partial charge in [0.1, 0.15) is 12.4 Å². The molecule has 0 aliphatic carbocycles. The van der Waals surface area contributed by atoms with Crippen molar-refractivity contribution < 1.29 is 13.9 Å². The van der Waals surface area contributed by atoms with Crippen LogP contribution in [0.2, 0.25) is 0 Å². The molecule has 1 heterocycles. The Morgan fingerprint density at radius 1 is 1.44 bits per heavy atom. The fourth-order valence-corrected chi connectivity index (χ4v) is 1.27. The fraction of sp³-hybridized carbons (Fsp3) is 0.769. The SMILES string of the molecule is CCOCC(C)Oc1nc(CNC(C)(C)C)co1. The number of nitrogens with zero attached hydrogens (tertiary/aromatic N) is 1. The Labute approximate surface area is 109 Å². The summed E-state index contributed by atoms with van der Waals surface area (Å²) in [5.41, 5.74) is 0.894. The molecule has 0 aliphatic heterocycles. The monoisotopic (exact) mass is 256 g/mol. The number of oxazole rings is 1. The van der Waals surface area contributed by atoms with E-state index in [-0.39, 0.29) is 11.6 Å². The third-order valence-electron chi connectivity index (χ3n) is 2.19. The van der Waals surface area contributed by atoms with Gasteiger partial charge in [0.25, 0.3) is 0 Å². The van der Waals surface area contributed by atoms with Crippen LogP contribution in [0.4, 0.5) is 0 Å². The van der Waals surface area contributed by atoms with Gasteiger partial charge in [-0.2, -0.15) is 4.98 Å². The first-order valence-corrected chi connectivity index (χ1v) is 6.34. The summed E-state index contributed by atoms with van der Waals surface area (Å²) in [5, 5.41) is 3.34. The molecule has 1 atom stereocenters. The largest absolute Gasteiger partial charge is 0.445 e. The van der Waals surface area contributed by atoms with E-state index in [0.29, 0.717) is 25.8 Å². The zero-order valence-corrected chi connectivity index (χ0v) is 11.9. The molecule has 5 nitrogen and oxygen atoms in total. The number of rotatable bonds is 7. The molecular formula is C13H24N2O3. The Morgan fingerprint density at radius 2 is 2.17 bits per heavy atom. The van der Waals surface area contributed by atoms with Crippen molar-refractivity contribution in [2.45, 2.75) is 52.8 Å². The zero-order valence-electron chi connectivity index (χ0n) is 11.9. The molecule has 5 heteroatoms. The lowest BCUT2D eigenvalue weighted by molar-refractivity contribution is 0.0494. The van der Waals surface area contributed by atoms with Crippen molar-refractivity contribution in [2.24, 2.45) is 0 Å². The summed E-state index contributed by atoms with van der Waals surface area (Å²) in [7, 11) is 0. The third-order valence-corrected chi connectivity index (χ3v) is 2.19. The number of hydrogen-bond acceptors (Lipinski definition) is 5. The lowest BCUT2D eigenvalue weighted by Crippen LogP contribution is -2.35. The van der Waals surface area contributed by atoms with E-state index in [9.17, 15) is 0 Å². The average Bonchev–Trinajstić information content (AvgIpc) is 2.70. The molecule has 0 radical (unpaired) electrons. The number of hydrogen-bond donors (Lipinski definition) is 1.